The van der Waals surface area contributed by atoms with Crippen molar-refractivity contribution in [2.24, 2.45) is 11.8 Å². The minimum atomic E-state index is -0.201. The molecule has 1 heterocycles. The van der Waals surface area contributed by atoms with Gasteiger partial charge >= 0.3 is 0 Å². The Bertz CT molecular complexity index is 528. The highest BCUT2D eigenvalue weighted by atomic mass is 19.1. The summed E-state index contributed by atoms with van der Waals surface area (Å²) in [7, 11) is 0. The Kier molecular flexibility index (Phi) is 4.77. The first-order chi connectivity index (χ1) is 10.6. The van der Waals surface area contributed by atoms with Gasteiger partial charge < -0.3 is 10.6 Å². The molecular weight excluding hydrogens is 279 g/mol. The summed E-state index contributed by atoms with van der Waals surface area (Å²) in [4.78, 5) is 12.2. The summed E-state index contributed by atoms with van der Waals surface area (Å²) < 4.78 is 13.2. The molecule has 1 saturated carbocycles. The molecule has 0 aromatic heterocycles. The SMILES string of the molecule is CC(CC(=O)NC1CC1c1cccc(F)c1)C1CCCNC1. The summed E-state index contributed by atoms with van der Waals surface area (Å²) in [5.41, 5.74) is 0.995. The topological polar surface area (TPSA) is 41.1 Å². The van der Waals surface area contributed by atoms with E-state index in [2.05, 4.69) is 17.6 Å². The first kappa shape index (κ1) is 15.5. The molecule has 2 fully saturated rings. The van der Waals surface area contributed by atoms with Crippen LogP contribution in [0.5, 0.6) is 0 Å². The second kappa shape index (κ2) is 6.78. The lowest BCUT2D eigenvalue weighted by atomic mass is 9.85. The van der Waals surface area contributed by atoms with Gasteiger partial charge in [0, 0.05) is 18.4 Å². The van der Waals surface area contributed by atoms with Crippen LogP contribution < -0.4 is 10.6 Å². The van der Waals surface area contributed by atoms with Crippen molar-refractivity contribution in [1.29, 1.82) is 0 Å². The van der Waals surface area contributed by atoms with E-state index in [0.717, 1.165) is 25.1 Å². The summed E-state index contributed by atoms with van der Waals surface area (Å²) in [6.07, 6.45) is 3.95. The van der Waals surface area contributed by atoms with E-state index in [0.29, 0.717) is 18.3 Å². The van der Waals surface area contributed by atoms with Crippen molar-refractivity contribution in [3.63, 3.8) is 0 Å². The van der Waals surface area contributed by atoms with Crippen LogP contribution in [0.4, 0.5) is 4.39 Å². The maximum Gasteiger partial charge on any atom is 0.220 e. The molecule has 22 heavy (non-hydrogen) atoms. The van der Waals surface area contributed by atoms with Gasteiger partial charge in [0.2, 0.25) is 5.91 Å². The Labute approximate surface area is 131 Å². The summed E-state index contributed by atoms with van der Waals surface area (Å²) in [5, 5.41) is 6.52. The van der Waals surface area contributed by atoms with Crippen LogP contribution in [0.1, 0.15) is 44.1 Å². The smallest absolute Gasteiger partial charge is 0.220 e. The van der Waals surface area contributed by atoms with E-state index in [1.54, 1.807) is 12.1 Å². The van der Waals surface area contributed by atoms with E-state index in [9.17, 15) is 9.18 Å². The van der Waals surface area contributed by atoms with Crippen LogP contribution >= 0.6 is 0 Å². The molecule has 2 aliphatic rings. The highest BCUT2D eigenvalue weighted by molar-refractivity contribution is 5.77. The monoisotopic (exact) mass is 304 g/mol. The van der Waals surface area contributed by atoms with Crippen molar-refractivity contribution in [2.75, 3.05) is 13.1 Å². The maximum absolute atomic E-state index is 13.2. The molecule has 120 valence electrons. The molecule has 1 aliphatic heterocycles. The fourth-order valence-electron chi connectivity index (χ4n) is 3.55. The van der Waals surface area contributed by atoms with E-state index in [1.165, 1.54) is 18.9 Å². The predicted molar refractivity (Wildman–Crippen MR) is 85.1 cm³/mol. The molecule has 1 amide bonds. The number of rotatable bonds is 5. The Morgan fingerprint density at radius 3 is 3.09 bits per heavy atom. The van der Waals surface area contributed by atoms with Gasteiger partial charge in [0.05, 0.1) is 0 Å². The van der Waals surface area contributed by atoms with Crippen molar-refractivity contribution in [1.82, 2.24) is 10.6 Å². The Morgan fingerprint density at radius 1 is 1.50 bits per heavy atom. The van der Waals surface area contributed by atoms with Crippen molar-refractivity contribution in [3.8, 4) is 0 Å². The van der Waals surface area contributed by atoms with E-state index >= 15 is 0 Å². The van der Waals surface area contributed by atoms with Crippen molar-refractivity contribution < 1.29 is 9.18 Å². The van der Waals surface area contributed by atoms with E-state index in [-0.39, 0.29) is 23.7 Å². The average molecular weight is 304 g/mol. The van der Waals surface area contributed by atoms with Crippen LogP contribution in [0.2, 0.25) is 0 Å². The third-order valence-corrected chi connectivity index (χ3v) is 5.06. The molecule has 2 N–H and O–H groups in total. The van der Waals surface area contributed by atoms with E-state index in [1.807, 2.05) is 6.07 Å². The van der Waals surface area contributed by atoms with Gasteiger partial charge in [0.15, 0.2) is 0 Å². The summed E-state index contributed by atoms with van der Waals surface area (Å²) >= 11 is 0. The van der Waals surface area contributed by atoms with Gasteiger partial charge in [-0.15, -0.1) is 0 Å². The third-order valence-electron chi connectivity index (χ3n) is 5.06. The molecule has 1 aliphatic carbocycles. The van der Waals surface area contributed by atoms with E-state index in [4.69, 9.17) is 0 Å². The van der Waals surface area contributed by atoms with Gasteiger partial charge in [-0.3, -0.25) is 4.79 Å². The van der Waals surface area contributed by atoms with Crippen LogP contribution in [0.15, 0.2) is 24.3 Å². The average Bonchev–Trinajstić information content (AvgIpc) is 3.27. The molecule has 3 rings (SSSR count). The molecule has 4 unspecified atom stereocenters. The minimum Gasteiger partial charge on any atom is -0.353 e. The zero-order valence-electron chi connectivity index (χ0n) is 13.1. The molecule has 1 saturated heterocycles. The number of halogens is 1. The molecule has 1 aromatic rings. The Hall–Kier alpha value is -1.42. The van der Waals surface area contributed by atoms with Gasteiger partial charge in [-0.1, -0.05) is 19.1 Å². The van der Waals surface area contributed by atoms with Gasteiger partial charge in [-0.25, -0.2) is 4.39 Å². The second-order valence-corrected chi connectivity index (χ2v) is 6.86. The second-order valence-electron chi connectivity index (χ2n) is 6.86. The van der Waals surface area contributed by atoms with Crippen LogP contribution in [0.3, 0.4) is 0 Å². The molecular formula is C18H25FN2O. The largest absolute Gasteiger partial charge is 0.353 e. The lowest BCUT2D eigenvalue weighted by Crippen LogP contribution is -2.36. The van der Waals surface area contributed by atoms with Gasteiger partial charge in [0.1, 0.15) is 5.82 Å². The van der Waals surface area contributed by atoms with E-state index < -0.39 is 0 Å². The highest BCUT2D eigenvalue weighted by Crippen LogP contribution is 2.41. The lowest BCUT2D eigenvalue weighted by molar-refractivity contribution is -0.122. The number of piperidine rings is 1. The number of carbonyl (C=O) groups is 1. The predicted octanol–water partition coefficient (Wildman–Crippen LogP) is 2.82. The summed E-state index contributed by atoms with van der Waals surface area (Å²) in [5.74, 6) is 1.25. The first-order valence-electron chi connectivity index (χ1n) is 8.39. The Balaban J connectivity index is 1.45. The normalized spacial score (nSPS) is 28.9. The molecule has 0 radical (unpaired) electrons. The number of carbonyl (C=O) groups excluding carboxylic acids is 1. The molecule has 0 spiro atoms. The van der Waals surface area contributed by atoms with Gasteiger partial charge in [0.25, 0.3) is 0 Å². The fourth-order valence-corrected chi connectivity index (χ4v) is 3.55. The molecule has 0 bridgehead atoms. The number of hydrogen-bond acceptors (Lipinski definition) is 2. The molecule has 3 nitrogen and oxygen atoms in total. The standard InChI is InChI=1S/C18H25FN2O/c1-12(14-5-3-7-20-11-14)8-18(22)21-17-10-16(17)13-4-2-6-15(19)9-13/h2,4,6,9,12,14,16-17,20H,3,5,7-8,10-11H2,1H3,(H,21,22). The minimum absolute atomic E-state index is 0.141. The van der Waals surface area contributed by atoms with Crippen molar-refractivity contribution in [3.05, 3.63) is 35.6 Å². The quantitative estimate of drug-likeness (QED) is 0.878. The van der Waals surface area contributed by atoms with Gasteiger partial charge in [-0.05, 0) is 61.9 Å². The summed E-state index contributed by atoms with van der Waals surface area (Å²) in [6, 6.07) is 6.90. The van der Waals surface area contributed by atoms with Crippen LogP contribution in [-0.2, 0) is 4.79 Å². The van der Waals surface area contributed by atoms with Crippen molar-refractivity contribution >= 4 is 5.91 Å². The van der Waals surface area contributed by atoms with Crippen molar-refractivity contribution in [2.45, 2.75) is 44.6 Å². The number of amides is 1. The Morgan fingerprint density at radius 2 is 2.36 bits per heavy atom. The van der Waals surface area contributed by atoms with Crippen LogP contribution in [0.25, 0.3) is 0 Å². The fraction of sp³-hybridized carbons (Fsp3) is 0.611. The lowest BCUT2D eigenvalue weighted by Gasteiger charge is -2.28. The zero-order valence-corrected chi connectivity index (χ0v) is 13.1. The molecule has 4 atom stereocenters. The number of nitrogens with one attached hydrogen (secondary N) is 2. The molecule has 1 aromatic carbocycles. The maximum atomic E-state index is 13.2. The first-order valence-corrected chi connectivity index (χ1v) is 8.39. The number of hydrogen-bond donors (Lipinski definition) is 2. The summed E-state index contributed by atoms with van der Waals surface area (Å²) in [6.45, 7) is 4.31. The van der Waals surface area contributed by atoms with Gasteiger partial charge in [-0.2, -0.15) is 0 Å². The van der Waals surface area contributed by atoms with Crippen LogP contribution in [-0.4, -0.2) is 25.0 Å². The highest BCUT2D eigenvalue weighted by Gasteiger charge is 2.39. The molecule has 4 heteroatoms. The third kappa shape index (κ3) is 3.86. The zero-order chi connectivity index (χ0) is 15.5. The van der Waals surface area contributed by atoms with Crippen LogP contribution in [0, 0.1) is 17.7 Å². The number of benzene rings is 1.